The molecule has 2 saturated heterocycles. The van der Waals surface area contributed by atoms with Gasteiger partial charge in [-0.2, -0.15) is 4.31 Å². The van der Waals surface area contributed by atoms with E-state index in [1.54, 1.807) is 70.5 Å². The van der Waals surface area contributed by atoms with Crippen molar-refractivity contribution in [3.05, 3.63) is 71.2 Å². The highest BCUT2D eigenvalue weighted by atomic mass is 35.5. The normalized spacial score (nSPS) is 18.5. The average Bonchev–Trinajstić information content (AvgIpc) is 3.40. The van der Waals surface area contributed by atoms with E-state index in [0.717, 1.165) is 10.8 Å². The van der Waals surface area contributed by atoms with Crippen LogP contribution in [0.3, 0.4) is 0 Å². The fourth-order valence-electron chi connectivity index (χ4n) is 5.03. The van der Waals surface area contributed by atoms with Crippen molar-refractivity contribution in [3.63, 3.8) is 0 Å². The lowest BCUT2D eigenvalue weighted by molar-refractivity contribution is 0.0275. The second-order valence-corrected chi connectivity index (χ2v) is 13.7. The molecule has 2 heterocycles. The number of ether oxygens (including phenoxy) is 2. The van der Waals surface area contributed by atoms with Gasteiger partial charge < -0.3 is 19.3 Å². The van der Waals surface area contributed by atoms with E-state index in [9.17, 15) is 18.0 Å². The van der Waals surface area contributed by atoms with Gasteiger partial charge in [0.25, 0.3) is 5.91 Å². The van der Waals surface area contributed by atoms with Crippen LogP contribution in [0.5, 0.6) is 5.75 Å². The van der Waals surface area contributed by atoms with Crippen LogP contribution in [0.1, 0.15) is 37.6 Å². The van der Waals surface area contributed by atoms with Crippen LogP contribution in [0.4, 0.5) is 4.79 Å². The van der Waals surface area contributed by atoms with E-state index in [2.05, 4.69) is 0 Å². The van der Waals surface area contributed by atoms with Gasteiger partial charge in [-0.3, -0.25) is 4.79 Å². The minimum atomic E-state index is -3.71. The summed E-state index contributed by atoms with van der Waals surface area (Å²) in [4.78, 5) is 29.2. The number of benzene rings is 3. The third-order valence-corrected chi connectivity index (χ3v) is 9.25. The molecular formula is C30H34ClN3O6S. The first kappa shape index (κ1) is 29.2. The molecule has 2 amide bonds. The Labute approximate surface area is 245 Å². The Morgan fingerprint density at radius 3 is 2.32 bits per heavy atom. The van der Waals surface area contributed by atoms with Gasteiger partial charge in [0.1, 0.15) is 17.5 Å². The summed E-state index contributed by atoms with van der Waals surface area (Å²) in [6, 6.07) is 17.3. The highest BCUT2D eigenvalue weighted by molar-refractivity contribution is 7.89. The van der Waals surface area contributed by atoms with E-state index in [4.69, 9.17) is 21.1 Å². The molecule has 3 aromatic carbocycles. The number of piperazine rings is 1. The fourth-order valence-corrected chi connectivity index (χ4v) is 6.67. The second kappa shape index (κ2) is 11.5. The number of carbonyl (C=O) groups excluding carboxylic acids is 2. The first-order chi connectivity index (χ1) is 19.4. The van der Waals surface area contributed by atoms with Gasteiger partial charge >= 0.3 is 6.09 Å². The standard InChI is InChI=1S/C30H34ClN3O6S/c1-30(2,3)40-29(36)33-12-11-26(20-33)39-25-6-4-5-23(18-25)28(35)32-13-15-34(16-14-32)41(37,38)27-10-8-21-17-24(31)9-7-22(21)19-27/h4-10,17-19,26H,11-16,20H2,1-3H3/t26-/m0/s1. The molecule has 5 rings (SSSR count). The quantitative estimate of drug-likeness (QED) is 0.408. The molecule has 41 heavy (non-hydrogen) atoms. The number of sulfonamides is 1. The third-order valence-electron chi connectivity index (χ3n) is 7.12. The number of fused-ring (bicyclic) bond motifs is 1. The molecular weight excluding hydrogens is 566 g/mol. The molecule has 1 atom stereocenters. The molecule has 0 aliphatic carbocycles. The molecule has 0 spiro atoms. The summed E-state index contributed by atoms with van der Waals surface area (Å²) < 4.78 is 39.6. The summed E-state index contributed by atoms with van der Waals surface area (Å²) in [5.41, 5.74) is -0.0968. The molecule has 3 aromatic rings. The largest absolute Gasteiger partial charge is 0.488 e. The summed E-state index contributed by atoms with van der Waals surface area (Å²) in [7, 11) is -3.71. The lowest BCUT2D eigenvalue weighted by Gasteiger charge is -2.34. The second-order valence-electron chi connectivity index (χ2n) is 11.3. The number of amides is 2. The SMILES string of the molecule is CC(C)(C)OC(=O)N1CC[C@H](Oc2cccc(C(=O)N3CCN(S(=O)(=O)c4ccc5cc(Cl)ccc5c4)CC3)c2)C1. The summed E-state index contributed by atoms with van der Waals surface area (Å²) in [5, 5.41) is 2.25. The summed E-state index contributed by atoms with van der Waals surface area (Å²) >= 11 is 6.05. The Morgan fingerprint density at radius 2 is 1.59 bits per heavy atom. The predicted octanol–water partition coefficient (Wildman–Crippen LogP) is 5.03. The van der Waals surface area contributed by atoms with Crippen LogP contribution in [-0.4, -0.2) is 85.5 Å². The van der Waals surface area contributed by atoms with Crippen molar-refractivity contribution in [2.45, 2.75) is 43.8 Å². The molecule has 11 heteroatoms. The monoisotopic (exact) mass is 599 g/mol. The maximum absolute atomic E-state index is 13.3. The number of hydrogen-bond donors (Lipinski definition) is 0. The maximum Gasteiger partial charge on any atom is 0.410 e. The molecule has 0 saturated carbocycles. The fraction of sp³-hybridized carbons (Fsp3) is 0.400. The average molecular weight is 600 g/mol. The molecule has 2 aliphatic rings. The van der Waals surface area contributed by atoms with Gasteiger partial charge in [0.15, 0.2) is 0 Å². The summed E-state index contributed by atoms with van der Waals surface area (Å²) in [6.07, 6.45) is 0.103. The van der Waals surface area contributed by atoms with Crippen molar-refractivity contribution < 1.29 is 27.5 Å². The predicted molar refractivity (Wildman–Crippen MR) is 157 cm³/mol. The molecule has 0 N–H and O–H groups in total. The number of halogens is 1. The van der Waals surface area contributed by atoms with Crippen molar-refractivity contribution in [2.24, 2.45) is 0 Å². The van der Waals surface area contributed by atoms with Crippen LogP contribution in [0.2, 0.25) is 5.02 Å². The maximum atomic E-state index is 13.3. The van der Waals surface area contributed by atoms with Crippen molar-refractivity contribution >= 4 is 44.4 Å². The minimum absolute atomic E-state index is 0.183. The molecule has 9 nitrogen and oxygen atoms in total. The zero-order valence-corrected chi connectivity index (χ0v) is 25.0. The topological polar surface area (TPSA) is 96.5 Å². The number of likely N-dealkylation sites (tertiary alicyclic amines) is 1. The van der Waals surface area contributed by atoms with Crippen LogP contribution < -0.4 is 4.74 Å². The van der Waals surface area contributed by atoms with Gasteiger partial charge in [-0.05, 0) is 74.0 Å². The molecule has 218 valence electrons. The lowest BCUT2D eigenvalue weighted by atomic mass is 10.1. The highest BCUT2D eigenvalue weighted by Gasteiger charge is 2.32. The van der Waals surface area contributed by atoms with Crippen molar-refractivity contribution in [1.82, 2.24) is 14.1 Å². The molecule has 0 bridgehead atoms. The third kappa shape index (κ3) is 6.77. The van der Waals surface area contributed by atoms with Gasteiger partial charge in [-0.15, -0.1) is 0 Å². The van der Waals surface area contributed by atoms with E-state index >= 15 is 0 Å². The zero-order chi connectivity index (χ0) is 29.4. The smallest absolute Gasteiger partial charge is 0.410 e. The first-order valence-corrected chi connectivity index (χ1v) is 15.4. The number of nitrogens with zero attached hydrogens (tertiary/aromatic N) is 3. The Balaban J connectivity index is 1.18. The summed E-state index contributed by atoms with van der Waals surface area (Å²) in [6.45, 7) is 7.40. The van der Waals surface area contributed by atoms with Crippen LogP contribution in [0.25, 0.3) is 10.8 Å². The Hall–Kier alpha value is -3.34. The molecule has 0 aromatic heterocycles. The summed E-state index contributed by atoms with van der Waals surface area (Å²) in [5.74, 6) is 0.363. The Bertz CT molecular complexity index is 1560. The van der Waals surface area contributed by atoms with Crippen molar-refractivity contribution in [3.8, 4) is 5.75 Å². The molecule has 2 fully saturated rings. The van der Waals surface area contributed by atoms with E-state index in [-0.39, 0.29) is 49.2 Å². The van der Waals surface area contributed by atoms with Crippen LogP contribution in [0, 0.1) is 0 Å². The van der Waals surface area contributed by atoms with Crippen molar-refractivity contribution in [2.75, 3.05) is 39.3 Å². The van der Waals surface area contributed by atoms with Crippen LogP contribution in [-0.2, 0) is 14.8 Å². The van der Waals surface area contributed by atoms with Gasteiger partial charge in [0.2, 0.25) is 10.0 Å². The Morgan fingerprint density at radius 1 is 0.878 bits per heavy atom. The number of rotatable bonds is 5. The van der Waals surface area contributed by atoms with Gasteiger partial charge in [-0.1, -0.05) is 29.8 Å². The van der Waals surface area contributed by atoms with Crippen LogP contribution >= 0.6 is 11.6 Å². The minimum Gasteiger partial charge on any atom is -0.488 e. The van der Waals surface area contributed by atoms with E-state index in [1.807, 2.05) is 20.8 Å². The molecule has 2 aliphatic heterocycles. The molecule has 0 unspecified atom stereocenters. The number of hydrogen-bond acceptors (Lipinski definition) is 6. The van der Waals surface area contributed by atoms with Gasteiger partial charge in [-0.25, -0.2) is 13.2 Å². The highest BCUT2D eigenvalue weighted by Crippen LogP contribution is 2.26. The first-order valence-electron chi connectivity index (χ1n) is 13.6. The van der Waals surface area contributed by atoms with Crippen molar-refractivity contribution in [1.29, 1.82) is 0 Å². The van der Waals surface area contributed by atoms with E-state index in [0.29, 0.717) is 35.8 Å². The van der Waals surface area contributed by atoms with Gasteiger partial charge in [0.05, 0.1) is 11.4 Å². The number of carbonyl (C=O) groups is 2. The Kier molecular flexibility index (Phi) is 8.18. The van der Waals surface area contributed by atoms with E-state index < -0.39 is 15.6 Å². The van der Waals surface area contributed by atoms with Crippen LogP contribution in [0.15, 0.2) is 65.6 Å². The zero-order valence-electron chi connectivity index (χ0n) is 23.4. The lowest BCUT2D eigenvalue weighted by Crippen LogP contribution is -2.50. The molecule has 0 radical (unpaired) electrons. The van der Waals surface area contributed by atoms with Gasteiger partial charge in [0, 0.05) is 49.7 Å². The van der Waals surface area contributed by atoms with E-state index in [1.165, 1.54) is 4.31 Å².